The molecule has 0 spiro atoms. The molecule has 3 heterocycles. The Morgan fingerprint density at radius 3 is 2.77 bits per heavy atom. The summed E-state index contributed by atoms with van der Waals surface area (Å²) in [6.07, 6.45) is 1.80. The number of hydrogen-bond donors (Lipinski definition) is 1. The summed E-state index contributed by atoms with van der Waals surface area (Å²) in [6.45, 7) is 8.50. The van der Waals surface area contributed by atoms with Crippen molar-refractivity contribution in [3.63, 3.8) is 0 Å². The molecule has 1 saturated heterocycles. The van der Waals surface area contributed by atoms with E-state index in [0.717, 1.165) is 38.5 Å². The highest BCUT2D eigenvalue weighted by Gasteiger charge is 2.23. The monoisotopic (exact) mass is 318 g/mol. The van der Waals surface area contributed by atoms with E-state index in [2.05, 4.69) is 39.2 Å². The summed E-state index contributed by atoms with van der Waals surface area (Å²) in [4.78, 5) is 13.9. The second-order valence-electron chi connectivity index (χ2n) is 5.52. The third-order valence-corrected chi connectivity index (χ3v) is 4.93. The summed E-state index contributed by atoms with van der Waals surface area (Å²) in [5.74, 6) is 0.700. The first-order valence-corrected chi connectivity index (χ1v) is 8.45. The first-order chi connectivity index (χ1) is 10.7. The average molecular weight is 318 g/mol. The second kappa shape index (κ2) is 7.17. The van der Waals surface area contributed by atoms with Crippen LogP contribution in [-0.2, 0) is 4.74 Å². The van der Waals surface area contributed by atoms with E-state index >= 15 is 0 Å². The Labute approximate surface area is 135 Å². The Morgan fingerprint density at radius 1 is 1.27 bits per heavy atom. The lowest BCUT2D eigenvalue weighted by Gasteiger charge is -2.34. The number of aromatic nitrogens is 2. The fourth-order valence-corrected chi connectivity index (χ4v) is 3.67. The molecule has 1 fully saturated rings. The predicted octanol–water partition coefficient (Wildman–Crippen LogP) is 2.64. The van der Waals surface area contributed by atoms with Gasteiger partial charge in [-0.2, -0.15) is 0 Å². The minimum absolute atomic E-state index is 0.340. The van der Waals surface area contributed by atoms with E-state index in [1.807, 2.05) is 24.3 Å². The summed E-state index contributed by atoms with van der Waals surface area (Å²) in [5, 5.41) is 3.39. The van der Waals surface area contributed by atoms with Crippen LogP contribution >= 0.6 is 11.3 Å². The van der Waals surface area contributed by atoms with Crippen LogP contribution in [0.4, 0.5) is 5.95 Å². The van der Waals surface area contributed by atoms with Crippen molar-refractivity contribution in [1.82, 2.24) is 14.9 Å². The van der Waals surface area contributed by atoms with Crippen LogP contribution in [0.3, 0.4) is 0 Å². The van der Waals surface area contributed by atoms with Crippen LogP contribution in [0.25, 0.3) is 0 Å². The van der Waals surface area contributed by atoms with Crippen LogP contribution in [0.2, 0.25) is 0 Å². The molecule has 0 aromatic carbocycles. The highest BCUT2D eigenvalue weighted by atomic mass is 32.1. The molecule has 2 aromatic heterocycles. The molecule has 1 N–H and O–H groups in total. The predicted molar refractivity (Wildman–Crippen MR) is 89.4 cm³/mol. The number of anilines is 1. The molecule has 1 aliphatic rings. The van der Waals surface area contributed by atoms with E-state index in [-0.39, 0.29) is 0 Å². The molecular formula is C16H22N4OS. The fraction of sp³-hybridized carbons (Fsp3) is 0.500. The van der Waals surface area contributed by atoms with Gasteiger partial charge >= 0.3 is 0 Å². The number of thiophene rings is 1. The van der Waals surface area contributed by atoms with Crippen LogP contribution in [0.15, 0.2) is 24.4 Å². The molecule has 5 nitrogen and oxygen atoms in total. The number of aryl methyl sites for hydroxylation is 2. The molecule has 3 rings (SSSR count). The summed E-state index contributed by atoms with van der Waals surface area (Å²) >= 11 is 1.86. The molecule has 0 unspecified atom stereocenters. The van der Waals surface area contributed by atoms with Gasteiger partial charge in [0.05, 0.1) is 19.3 Å². The van der Waals surface area contributed by atoms with E-state index < -0.39 is 0 Å². The Bertz CT molecular complexity index is 610. The SMILES string of the molecule is Cc1ccnc(NC[C@@H](c2ccc(C)s2)N2CCOCC2)n1. The van der Waals surface area contributed by atoms with Crippen molar-refractivity contribution in [3.8, 4) is 0 Å². The highest BCUT2D eigenvalue weighted by molar-refractivity contribution is 7.12. The quantitative estimate of drug-likeness (QED) is 0.918. The van der Waals surface area contributed by atoms with Gasteiger partial charge < -0.3 is 10.1 Å². The summed E-state index contributed by atoms with van der Waals surface area (Å²) in [7, 11) is 0. The Kier molecular flexibility index (Phi) is 5.02. The maximum Gasteiger partial charge on any atom is 0.222 e. The molecule has 0 radical (unpaired) electrons. The largest absolute Gasteiger partial charge is 0.379 e. The minimum atomic E-state index is 0.340. The van der Waals surface area contributed by atoms with Gasteiger partial charge in [-0.15, -0.1) is 11.3 Å². The molecule has 1 atom stereocenters. The van der Waals surface area contributed by atoms with Gasteiger partial charge in [0, 0.05) is 41.3 Å². The number of ether oxygens (including phenoxy) is 1. The Morgan fingerprint density at radius 2 is 2.09 bits per heavy atom. The molecular weight excluding hydrogens is 296 g/mol. The van der Waals surface area contributed by atoms with E-state index in [4.69, 9.17) is 4.74 Å². The summed E-state index contributed by atoms with van der Waals surface area (Å²) < 4.78 is 5.49. The highest BCUT2D eigenvalue weighted by Crippen LogP contribution is 2.28. The molecule has 0 aliphatic carbocycles. The van der Waals surface area contributed by atoms with Crippen molar-refractivity contribution < 1.29 is 4.74 Å². The van der Waals surface area contributed by atoms with Crippen LogP contribution in [-0.4, -0.2) is 47.7 Å². The Balaban J connectivity index is 1.73. The van der Waals surface area contributed by atoms with Gasteiger partial charge in [0.2, 0.25) is 5.95 Å². The van der Waals surface area contributed by atoms with Crippen molar-refractivity contribution in [2.45, 2.75) is 19.9 Å². The Hall–Kier alpha value is -1.50. The number of rotatable bonds is 5. The fourth-order valence-electron chi connectivity index (χ4n) is 2.65. The maximum atomic E-state index is 5.49. The molecule has 118 valence electrons. The standard InChI is InChI=1S/C16H22N4OS/c1-12-5-6-17-16(19-12)18-11-14(15-4-3-13(2)22-15)20-7-9-21-10-8-20/h3-6,14H,7-11H2,1-2H3,(H,17,18,19)/t14-/m0/s1. The zero-order chi connectivity index (χ0) is 15.4. The zero-order valence-electron chi connectivity index (χ0n) is 13.1. The molecule has 2 aromatic rings. The third kappa shape index (κ3) is 3.82. The van der Waals surface area contributed by atoms with Gasteiger partial charge in [0.1, 0.15) is 0 Å². The topological polar surface area (TPSA) is 50.3 Å². The lowest BCUT2D eigenvalue weighted by Crippen LogP contribution is -2.41. The summed E-state index contributed by atoms with van der Waals surface area (Å²) in [6, 6.07) is 6.68. The van der Waals surface area contributed by atoms with Gasteiger partial charge in [-0.05, 0) is 32.0 Å². The zero-order valence-corrected chi connectivity index (χ0v) is 13.9. The van der Waals surface area contributed by atoms with E-state index in [1.54, 1.807) is 6.20 Å². The molecule has 0 amide bonds. The second-order valence-corrected chi connectivity index (χ2v) is 6.83. The van der Waals surface area contributed by atoms with Crippen molar-refractivity contribution in [2.75, 3.05) is 38.2 Å². The van der Waals surface area contributed by atoms with Crippen LogP contribution in [0, 0.1) is 13.8 Å². The molecule has 0 saturated carbocycles. The maximum absolute atomic E-state index is 5.49. The number of hydrogen-bond acceptors (Lipinski definition) is 6. The number of nitrogens with zero attached hydrogens (tertiary/aromatic N) is 3. The van der Waals surface area contributed by atoms with Crippen molar-refractivity contribution >= 4 is 17.3 Å². The minimum Gasteiger partial charge on any atom is -0.379 e. The van der Waals surface area contributed by atoms with E-state index in [9.17, 15) is 0 Å². The molecule has 0 bridgehead atoms. The first kappa shape index (κ1) is 15.4. The van der Waals surface area contributed by atoms with Gasteiger partial charge in [-0.3, -0.25) is 4.90 Å². The van der Waals surface area contributed by atoms with Gasteiger partial charge in [0.25, 0.3) is 0 Å². The average Bonchev–Trinajstić information content (AvgIpc) is 2.95. The smallest absolute Gasteiger partial charge is 0.222 e. The number of nitrogens with one attached hydrogen (secondary N) is 1. The molecule has 6 heteroatoms. The third-order valence-electron chi connectivity index (χ3n) is 3.82. The van der Waals surface area contributed by atoms with Crippen molar-refractivity contribution in [3.05, 3.63) is 39.8 Å². The molecule has 1 aliphatic heterocycles. The van der Waals surface area contributed by atoms with Crippen molar-refractivity contribution in [1.29, 1.82) is 0 Å². The van der Waals surface area contributed by atoms with E-state index in [1.165, 1.54) is 9.75 Å². The summed E-state index contributed by atoms with van der Waals surface area (Å²) in [5.41, 5.74) is 0.979. The first-order valence-electron chi connectivity index (χ1n) is 7.64. The normalized spacial score (nSPS) is 17.4. The molecule has 22 heavy (non-hydrogen) atoms. The van der Waals surface area contributed by atoms with Crippen LogP contribution in [0.1, 0.15) is 21.5 Å². The lowest BCUT2D eigenvalue weighted by atomic mass is 10.2. The van der Waals surface area contributed by atoms with Crippen molar-refractivity contribution in [2.24, 2.45) is 0 Å². The lowest BCUT2D eigenvalue weighted by molar-refractivity contribution is 0.0193. The van der Waals surface area contributed by atoms with Gasteiger partial charge in [-0.25, -0.2) is 9.97 Å². The van der Waals surface area contributed by atoms with Gasteiger partial charge in [0.15, 0.2) is 0 Å². The van der Waals surface area contributed by atoms with E-state index in [0.29, 0.717) is 12.0 Å². The van der Waals surface area contributed by atoms with Crippen LogP contribution < -0.4 is 5.32 Å². The van der Waals surface area contributed by atoms with Gasteiger partial charge in [-0.1, -0.05) is 0 Å². The number of morpholine rings is 1. The van der Waals surface area contributed by atoms with Crippen LogP contribution in [0.5, 0.6) is 0 Å².